The van der Waals surface area contributed by atoms with Crippen molar-refractivity contribution >= 4 is 16.9 Å². The molecule has 4 heteroatoms. The Balaban J connectivity index is 1.82. The standard InChI is InChI=1S/C23H20N2O2/c1-16-6-5-9-18(14-16)22-19-15-21(23(26)27)25(20(19)10-12-24-22)13-11-17-7-3-2-4-8-17/h2-10,12,14-15H,11,13H2,1H3,(H,26,27). The van der Waals surface area contributed by atoms with E-state index in [1.54, 1.807) is 12.3 Å². The lowest BCUT2D eigenvalue weighted by molar-refractivity contribution is 0.0685. The maximum atomic E-state index is 11.9. The molecule has 0 spiro atoms. The van der Waals surface area contributed by atoms with Gasteiger partial charge in [0.2, 0.25) is 0 Å². The number of aromatic carboxylic acids is 1. The molecule has 27 heavy (non-hydrogen) atoms. The van der Waals surface area contributed by atoms with Gasteiger partial charge < -0.3 is 9.67 Å². The van der Waals surface area contributed by atoms with Gasteiger partial charge in [-0.2, -0.15) is 0 Å². The Hall–Kier alpha value is -3.40. The van der Waals surface area contributed by atoms with E-state index in [-0.39, 0.29) is 0 Å². The summed E-state index contributed by atoms with van der Waals surface area (Å²) in [5.74, 6) is -0.922. The number of nitrogens with zero attached hydrogens (tertiary/aromatic N) is 2. The lowest BCUT2D eigenvalue weighted by atomic mass is 10.1. The van der Waals surface area contributed by atoms with Gasteiger partial charge in [0.05, 0.1) is 11.2 Å². The van der Waals surface area contributed by atoms with Crippen molar-refractivity contribution in [3.8, 4) is 11.3 Å². The van der Waals surface area contributed by atoms with Gasteiger partial charge in [0.25, 0.3) is 0 Å². The van der Waals surface area contributed by atoms with Crippen molar-refractivity contribution in [3.05, 3.63) is 89.7 Å². The minimum absolute atomic E-state index is 0.294. The maximum Gasteiger partial charge on any atom is 0.352 e. The molecule has 0 aliphatic rings. The number of carbonyl (C=O) groups is 1. The van der Waals surface area contributed by atoms with Gasteiger partial charge >= 0.3 is 5.97 Å². The van der Waals surface area contributed by atoms with E-state index in [0.29, 0.717) is 12.2 Å². The van der Waals surface area contributed by atoms with Gasteiger partial charge in [0.1, 0.15) is 5.69 Å². The number of rotatable bonds is 5. The molecule has 4 nitrogen and oxygen atoms in total. The number of hydrogen-bond acceptors (Lipinski definition) is 2. The summed E-state index contributed by atoms with van der Waals surface area (Å²) in [7, 11) is 0. The zero-order valence-corrected chi connectivity index (χ0v) is 15.1. The summed E-state index contributed by atoms with van der Waals surface area (Å²) >= 11 is 0. The molecular weight excluding hydrogens is 336 g/mol. The molecule has 0 aliphatic heterocycles. The summed E-state index contributed by atoms with van der Waals surface area (Å²) in [6.07, 6.45) is 2.53. The van der Waals surface area contributed by atoms with Gasteiger partial charge in [0.15, 0.2) is 0 Å². The van der Waals surface area contributed by atoms with Crippen LogP contribution in [0.4, 0.5) is 0 Å². The molecule has 0 bridgehead atoms. The molecule has 1 N–H and O–H groups in total. The zero-order valence-electron chi connectivity index (χ0n) is 15.1. The van der Waals surface area contributed by atoms with E-state index < -0.39 is 5.97 Å². The molecule has 0 fully saturated rings. The van der Waals surface area contributed by atoms with E-state index in [2.05, 4.69) is 23.2 Å². The third kappa shape index (κ3) is 3.34. The molecule has 0 aliphatic carbocycles. The Kier molecular flexibility index (Phi) is 4.47. The number of pyridine rings is 1. The third-order valence-electron chi connectivity index (χ3n) is 4.81. The maximum absolute atomic E-state index is 11.9. The first-order valence-electron chi connectivity index (χ1n) is 8.96. The Labute approximate surface area is 157 Å². The Morgan fingerprint density at radius 2 is 1.85 bits per heavy atom. The monoisotopic (exact) mass is 356 g/mol. The predicted octanol–water partition coefficient (Wildman–Crippen LogP) is 4.95. The Morgan fingerprint density at radius 3 is 2.59 bits per heavy atom. The van der Waals surface area contributed by atoms with Crippen LogP contribution < -0.4 is 0 Å². The van der Waals surface area contributed by atoms with Crippen molar-refractivity contribution in [1.29, 1.82) is 0 Å². The second kappa shape index (κ2) is 7.08. The number of carboxylic acid groups (broad SMARTS) is 1. The minimum Gasteiger partial charge on any atom is -0.477 e. The van der Waals surface area contributed by atoms with Gasteiger partial charge in [-0.05, 0) is 37.1 Å². The van der Waals surface area contributed by atoms with E-state index in [0.717, 1.165) is 34.1 Å². The highest BCUT2D eigenvalue weighted by Gasteiger charge is 2.18. The van der Waals surface area contributed by atoms with Gasteiger partial charge in [-0.25, -0.2) is 4.79 Å². The van der Waals surface area contributed by atoms with Crippen molar-refractivity contribution in [2.24, 2.45) is 0 Å². The minimum atomic E-state index is -0.922. The lowest BCUT2D eigenvalue weighted by Gasteiger charge is -2.09. The molecule has 0 radical (unpaired) electrons. The van der Waals surface area contributed by atoms with Crippen molar-refractivity contribution in [2.45, 2.75) is 19.9 Å². The Bertz CT molecular complexity index is 1110. The third-order valence-corrected chi connectivity index (χ3v) is 4.81. The molecule has 0 unspecified atom stereocenters. The fraction of sp³-hybridized carbons (Fsp3) is 0.130. The highest BCUT2D eigenvalue weighted by molar-refractivity contribution is 6.00. The van der Waals surface area contributed by atoms with Crippen LogP contribution in [0.5, 0.6) is 0 Å². The van der Waals surface area contributed by atoms with E-state index in [1.807, 2.05) is 54.0 Å². The molecule has 4 rings (SSSR count). The molecular formula is C23H20N2O2. The summed E-state index contributed by atoms with van der Waals surface area (Å²) in [6, 6.07) is 21.9. The Morgan fingerprint density at radius 1 is 1.04 bits per heavy atom. The summed E-state index contributed by atoms with van der Waals surface area (Å²) in [5, 5.41) is 10.6. The van der Waals surface area contributed by atoms with Crippen LogP contribution in [0.25, 0.3) is 22.2 Å². The fourth-order valence-electron chi connectivity index (χ4n) is 3.51. The predicted molar refractivity (Wildman–Crippen MR) is 107 cm³/mol. The first-order valence-corrected chi connectivity index (χ1v) is 8.96. The molecule has 4 aromatic rings. The fourth-order valence-corrected chi connectivity index (χ4v) is 3.51. The van der Waals surface area contributed by atoms with E-state index >= 15 is 0 Å². The summed E-state index contributed by atoms with van der Waals surface area (Å²) in [6.45, 7) is 2.64. The number of carboxylic acids is 1. The molecule has 2 aromatic carbocycles. The molecule has 2 aromatic heterocycles. The molecule has 0 amide bonds. The smallest absolute Gasteiger partial charge is 0.352 e. The number of benzene rings is 2. The second-order valence-electron chi connectivity index (χ2n) is 6.68. The van der Waals surface area contributed by atoms with E-state index in [4.69, 9.17) is 0 Å². The molecule has 0 atom stereocenters. The van der Waals surface area contributed by atoms with Crippen molar-refractivity contribution in [1.82, 2.24) is 9.55 Å². The number of hydrogen-bond donors (Lipinski definition) is 1. The average molecular weight is 356 g/mol. The van der Waals surface area contributed by atoms with Gasteiger partial charge in [-0.3, -0.25) is 4.98 Å². The topological polar surface area (TPSA) is 55.1 Å². The molecule has 0 saturated carbocycles. The average Bonchev–Trinajstić information content (AvgIpc) is 3.06. The van der Waals surface area contributed by atoms with Crippen LogP contribution in [-0.2, 0) is 13.0 Å². The normalized spacial score (nSPS) is 11.0. The zero-order chi connectivity index (χ0) is 18.8. The number of aryl methyl sites for hydroxylation is 3. The SMILES string of the molecule is Cc1cccc(-c2nccc3c2cc(C(=O)O)n3CCc2ccccc2)c1. The van der Waals surface area contributed by atoms with E-state index in [9.17, 15) is 9.90 Å². The van der Waals surface area contributed by atoms with Crippen LogP contribution in [0.3, 0.4) is 0 Å². The largest absolute Gasteiger partial charge is 0.477 e. The van der Waals surface area contributed by atoms with Gasteiger partial charge in [-0.1, -0.05) is 54.1 Å². The van der Waals surface area contributed by atoms with Crippen molar-refractivity contribution in [3.63, 3.8) is 0 Å². The molecule has 134 valence electrons. The summed E-state index contributed by atoms with van der Waals surface area (Å²) in [5.41, 5.74) is 5.34. The quantitative estimate of drug-likeness (QED) is 0.550. The van der Waals surface area contributed by atoms with Crippen LogP contribution in [0.15, 0.2) is 72.9 Å². The number of fused-ring (bicyclic) bond motifs is 1. The van der Waals surface area contributed by atoms with Gasteiger partial charge in [0, 0.05) is 23.7 Å². The molecule has 0 saturated heterocycles. The van der Waals surface area contributed by atoms with Crippen LogP contribution in [0.1, 0.15) is 21.6 Å². The second-order valence-corrected chi connectivity index (χ2v) is 6.68. The lowest BCUT2D eigenvalue weighted by Crippen LogP contribution is -2.10. The van der Waals surface area contributed by atoms with Crippen LogP contribution in [-0.4, -0.2) is 20.6 Å². The first-order chi connectivity index (χ1) is 13.1. The van der Waals surface area contributed by atoms with Crippen molar-refractivity contribution < 1.29 is 9.90 Å². The highest BCUT2D eigenvalue weighted by Crippen LogP contribution is 2.30. The van der Waals surface area contributed by atoms with Crippen LogP contribution in [0, 0.1) is 6.92 Å². The van der Waals surface area contributed by atoms with Crippen LogP contribution >= 0.6 is 0 Å². The van der Waals surface area contributed by atoms with Crippen LogP contribution in [0.2, 0.25) is 0 Å². The summed E-state index contributed by atoms with van der Waals surface area (Å²) in [4.78, 5) is 16.4. The first kappa shape index (κ1) is 17.0. The number of aromatic nitrogens is 2. The molecule has 2 heterocycles. The van der Waals surface area contributed by atoms with E-state index in [1.165, 1.54) is 5.56 Å². The van der Waals surface area contributed by atoms with Gasteiger partial charge in [-0.15, -0.1) is 0 Å². The van der Waals surface area contributed by atoms with Crippen molar-refractivity contribution in [2.75, 3.05) is 0 Å². The summed E-state index contributed by atoms with van der Waals surface area (Å²) < 4.78 is 1.88. The highest BCUT2D eigenvalue weighted by atomic mass is 16.4.